The van der Waals surface area contributed by atoms with Gasteiger partial charge in [0.1, 0.15) is 17.9 Å². The molecular formula is C17H19NO2. The van der Waals surface area contributed by atoms with Crippen LogP contribution < -0.4 is 4.74 Å². The van der Waals surface area contributed by atoms with Crippen LogP contribution in [-0.2, 0) is 17.6 Å². The van der Waals surface area contributed by atoms with Gasteiger partial charge in [0.05, 0.1) is 0 Å². The maximum Gasteiger partial charge on any atom is 0.167 e. The van der Waals surface area contributed by atoms with E-state index in [9.17, 15) is 4.79 Å². The van der Waals surface area contributed by atoms with Crippen LogP contribution in [0.15, 0.2) is 18.2 Å². The molecule has 0 aliphatic heterocycles. The molecule has 0 saturated heterocycles. The van der Waals surface area contributed by atoms with E-state index >= 15 is 0 Å². The average Bonchev–Trinajstić information content (AvgIpc) is 2.45. The number of benzene rings is 1. The van der Waals surface area contributed by atoms with Gasteiger partial charge in [0.25, 0.3) is 0 Å². The summed E-state index contributed by atoms with van der Waals surface area (Å²) in [5.74, 6) is 0.742. The highest BCUT2D eigenvalue weighted by Gasteiger charge is 2.17. The molecule has 1 aliphatic rings. The molecule has 1 aromatic heterocycles. The molecule has 1 heterocycles. The van der Waals surface area contributed by atoms with E-state index in [-0.39, 0.29) is 12.4 Å². The molecule has 0 fully saturated rings. The highest BCUT2D eigenvalue weighted by atomic mass is 16.5. The average molecular weight is 269 g/mol. The van der Waals surface area contributed by atoms with E-state index in [4.69, 9.17) is 9.72 Å². The maximum atomic E-state index is 11.1. The number of fused-ring (bicyclic) bond motifs is 2. The second-order valence-corrected chi connectivity index (χ2v) is 5.51. The maximum absolute atomic E-state index is 11.1. The molecule has 3 nitrogen and oxygen atoms in total. The Kier molecular flexibility index (Phi) is 3.43. The van der Waals surface area contributed by atoms with E-state index in [1.165, 1.54) is 36.6 Å². The van der Waals surface area contributed by atoms with Crippen molar-refractivity contribution in [2.75, 3.05) is 6.61 Å². The van der Waals surface area contributed by atoms with Crippen molar-refractivity contribution < 1.29 is 9.53 Å². The minimum Gasteiger partial charge on any atom is -0.484 e. The second-order valence-electron chi connectivity index (χ2n) is 5.51. The van der Waals surface area contributed by atoms with Gasteiger partial charge < -0.3 is 4.74 Å². The van der Waals surface area contributed by atoms with Gasteiger partial charge in [0, 0.05) is 11.1 Å². The van der Waals surface area contributed by atoms with E-state index in [1.54, 1.807) is 0 Å². The van der Waals surface area contributed by atoms with Crippen molar-refractivity contribution in [1.82, 2.24) is 4.98 Å². The van der Waals surface area contributed by atoms with Crippen molar-refractivity contribution in [1.29, 1.82) is 0 Å². The third kappa shape index (κ3) is 2.28. The van der Waals surface area contributed by atoms with Crippen LogP contribution in [0.4, 0.5) is 0 Å². The van der Waals surface area contributed by atoms with Crippen LogP contribution in [0.25, 0.3) is 10.9 Å². The number of pyridine rings is 1. The van der Waals surface area contributed by atoms with Crippen molar-refractivity contribution in [3.8, 4) is 5.75 Å². The van der Waals surface area contributed by atoms with Crippen LogP contribution in [0.1, 0.15) is 36.6 Å². The molecule has 104 valence electrons. The third-order valence-electron chi connectivity index (χ3n) is 3.97. The Balaban J connectivity index is 2.13. The van der Waals surface area contributed by atoms with Crippen molar-refractivity contribution in [2.24, 2.45) is 0 Å². The SMILES string of the molecule is CC(=O)COc1cccc2c(C)c3c(nc12)CCCC3. The van der Waals surface area contributed by atoms with Crippen LogP contribution in [0.3, 0.4) is 0 Å². The van der Waals surface area contributed by atoms with Gasteiger partial charge in [-0.15, -0.1) is 0 Å². The summed E-state index contributed by atoms with van der Waals surface area (Å²) in [5.41, 5.74) is 4.83. The number of ether oxygens (including phenoxy) is 1. The molecule has 3 heteroatoms. The number of hydrogen-bond donors (Lipinski definition) is 0. The Morgan fingerprint density at radius 3 is 2.90 bits per heavy atom. The van der Waals surface area contributed by atoms with Gasteiger partial charge in [0.15, 0.2) is 5.78 Å². The molecule has 1 aromatic carbocycles. The van der Waals surface area contributed by atoms with Crippen LogP contribution >= 0.6 is 0 Å². The zero-order valence-electron chi connectivity index (χ0n) is 12.0. The predicted molar refractivity (Wildman–Crippen MR) is 79.3 cm³/mol. The lowest BCUT2D eigenvalue weighted by Gasteiger charge is -2.19. The lowest BCUT2D eigenvalue weighted by atomic mass is 9.90. The van der Waals surface area contributed by atoms with Gasteiger partial charge in [-0.3, -0.25) is 4.79 Å². The van der Waals surface area contributed by atoms with Gasteiger partial charge in [0.2, 0.25) is 0 Å². The van der Waals surface area contributed by atoms with Gasteiger partial charge in [-0.2, -0.15) is 0 Å². The fourth-order valence-electron chi connectivity index (χ4n) is 2.95. The largest absolute Gasteiger partial charge is 0.484 e. The fourth-order valence-corrected chi connectivity index (χ4v) is 2.95. The molecule has 2 aromatic rings. The number of aromatic nitrogens is 1. The van der Waals surface area contributed by atoms with Crippen LogP contribution in [0, 0.1) is 6.92 Å². The minimum atomic E-state index is 0.0247. The van der Waals surface area contributed by atoms with E-state index in [0.717, 1.165) is 23.7 Å². The molecule has 0 saturated carbocycles. The van der Waals surface area contributed by atoms with Gasteiger partial charge in [-0.25, -0.2) is 4.98 Å². The smallest absolute Gasteiger partial charge is 0.167 e. The fraction of sp³-hybridized carbons (Fsp3) is 0.412. The van der Waals surface area contributed by atoms with Crippen LogP contribution in [0.5, 0.6) is 5.75 Å². The first kappa shape index (κ1) is 13.1. The number of carbonyl (C=O) groups excluding carboxylic acids is 1. The number of aryl methyl sites for hydroxylation is 2. The van der Waals surface area contributed by atoms with Gasteiger partial charge in [-0.1, -0.05) is 12.1 Å². The molecule has 0 N–H and O–H groups in total. The van der Waals surface area contributed by atoms with Crippen LogP contribution in [0.2, 0.25) is 0 Å². The van der Waals surface area contributed by atoms with Crippen molar-refractivity contribution in [3.05, 3.63) is 35.0 Å². The van der Waals surface area contributed by atoms with Crippen molar-refractivity contribution in [2.45, 2.75) is 39.5 Å². The first-order chi connectivity index (χ1) is 9.66. The zero-order chi connectivity index (χ0) is 14.1. The molecular weight excluding hydrogens is 250 g/mol. The lowest BCUT2D eigenvalue weighted by molar-refractivity contribution is -0.118. The molecule has 0 spiro atoms. The third-order valence-corrected chi connectivity index (χ3v) is 3.97. The topological polar surface area (TPSA) is 39.2 Å². The Bertz CT molecular complexity index is 676. The Morgan fingerprint density at radius 2 is 2.10 bits per heavy atom. The molecule has 0 radical (unpaired) electrons. The number of rotatable bonds is 3. The molecule has 0 atom stereocenters. The first-order valence-corrected chi connectivity index (χ1v) is 7.20. The number of nitrogens with zero attached hydrogens (tertiary/aromatic N) is 1. The molecule has 0 unspecified atom stereocenters. The normalized spacial score (nSPS) is 14.1. The minimum absolute atomic E-state index is 0.0247. The summed E-state index contributed by atoms with van der Waals surface area (Å²) in [4.78, 5) is 15.9. The number of para-hydroxylation sites is 1. The molecule has 0 bridgehead atoms. The van der Waals surface area contributed by atoms with Gasteiger partial charge in [-0.05, 0) is 56.7 Å². The Labute approximate surface area is 119 Å². The summed E-state index contributed by atoms with van der Waals surface area (Å²) < 4.78 is 5.61. The summed E-state index contributed by atoms with van der Waals surface area (Å²) in [7, 11) is 0. The van der Waals surface area contributed by atoms with E-state index in [2.05, 4.69) is 13.0 Å². The standard InChI is InChI=1S/C17H19NO2/c1-11(19)10-20-16-9-5-7-14-12(2)13-6-3-4-8-15(13)18-17(14)16/h5,7,9H,3-4,6,8,10H2,1-2H3. The molecule has 1 aliphatic carbocycles. The zero-order valence-corrected chi connectivity index (χ0v) is 12.0. The number of hydrogen-bond acceptors (Lipinski definition) is 3. The first-order valence-electron chi connectivity index (χ1n) is 7.20. The summed E-state index contributed by atoms with van der Waals surface area (Å²) in [6.07, 6.45) is 4.64. The van der Waals surface area contributed by atoms with E-state index in [1.807, 2.05) is 12.1 Å². The Hall–Kier alpha value is -1.90. The summed E-state index contributed by atoms with van der Waals surface area (Å²) in [5, 5.41) is 1.15. The number of carbonyl (C=O) groups is 1. The molecule has 3 rings (SSSR count). The molecule has 20 heavy (non-hydrogen) atoms. The quantitative estimate of drug-likeness (QED) is 0.857. The predicted octanol–water partition coefficient (Wildman–Crippen LogP) is 3.39. The highest BCUT2D eigenvalue weighted by Crippen LogP contribution is 2.32. The lowest BCUT2D eigenvalue weighted by Crippen LogP contribution is -2.10. The second kappa shape index (κ2) is 5.23. The highest BCUT2D eigenvalue weighted by molar-refractivity contribution is 5.89. The summed E-state index contributed by atoms with van der Waals surface area (Å²) in [6, 6.07) is 5.96. The Morgan fingerprint density at radius 1 is 1.30 bits per heavy atom. The number of Topliss-reactive ketones (excluding diaryl/α,β-unsaturated/α-hetero) is 1. The van der Waals surface area contributed by atoms with E-state index in [0.29, 0.717) is 5.75 Å². The van der Waals surface area contributed by atoms with E-state index < -0.39 is 0 Å². The molecule has 0 amide bonds. The van der Waals surface area contributed by atoms with Gasteiger partial charge >= 0.3 is 0 Å². The van der Waals surface area contributed by atoms with Crippen molar-refractivity contribution in [3.63, 3.8) is 0 Å². The van der Waals surface area contributed by atoms with Crippen LogP contribution in [-0.4, -0.2) is 17.4 Å². The summed E-state index contributed by atoms with van der Waals surface area (Å²) in [6.45, 7) is 3.81. The number of ketones is 1. The summed E-state index contributed by atoms with van der Waals surface area (Å²) >= 11 is 0. The monoisotopic (exact) mass is 269 g/mol. The van der Waals surface area contributed by atoms with Crippen molar-refractivity contribution >= 4 is 16.7 Å².